The molecule has 0 spiro atoms. The molecule has 0 aliphatic carbocycles. The Morgan fingerprint density at radius 3 is 2.48 bits per heavy atom. The second kappa shape index (κ2) is 10.3. The van der Waals surface area contributed by atoms with Crippen molar-refractivity contribution in [1.82, 2.24) is 10.6 Å². The van der Waals surface area contributed by atoms with Crippen molar-refractivity contribution in [2.75, 3.05) is 27.2 Å². The fraction of sp³-hybridized carbons (Fsp3) is 0.400. The topological polar surface area (TPSA) is 42.5 Å². The fourth-order valence-electron chi connectivity index (χ4n) is 2.44. The first-order chi connectivity index (χ1) is 12.1. The van der Waals surface area contributed by atoms with Gasteiger partial charge in [0.05, 0.1) is 7.11 Å². The Morgan fingerprint density at radius 2 is 1.80 bits per heavy atom. The monoisotopic (exact) mass is 362 g/mol. The Hall–Kier alpha value is -1.75. The highest BCUT2D eigenvalue weighted by atomic mass is 35.5. The van der Waals surface area contributed by atoms with Crippen molar-refractivity contribution >= 4 is 11.6 Å². The first-order valence-electron chi connectivity index (χ1n) is 8.54. The van der Waals surface area contributed by atoms with E-state index in [9.17, 15) is 0 Å². The van der Waals surface area contributed by atoms with Crippen LogP contribution in [-0.4, -0.2) is 27.2 Å². The summed E-state index contributed by atoms with van der Waals surface area (Å²) in [6, 6.07) is 12.0. The van der Waals surface area contributed by atoms with E-state index in [4.69, 9.17) is 21.1 Å². The van der Waals surface area contributed by atoms with E-state index in [2.05, 4.69) is 41.8 Å². The number of benzene rings is 2. The van der Waals surface area contributed by atoms with Crippen molar-refractivity contribution in [1.29, 1.82) is 0 Å². The van der Waals surface area contributed by atoms with Crippen molar-refractivity contribution < 1.29 is 9.47 Å². The van der Waals surface area contributed by atoms with Crippen molar-refractivity contribution in [3.8, 4) is 11.5 Å². The van der Waals surface area contributed by atoms with Gasteiger partial charge in [-0.3, -0.25) is 0 Å². The summed E-state index contributed by atoms with van der Waals surface area (Å²) in [7, 11) is 3.60. The number of ether oxygens (including phenoxy) is 2. The summed E-state index contributed by atoms with van der Waals surface area (Å²) in [6.45, 7) is 5.19. The third kappa shape index (κ3) is 6.24. The lowest BCUT2D eigenvalue weighted by Gasteiger charge is -2.14. The third-order valence-corrected chi connectivity index (χ3v) is 4.30. The molecule has 0 aromatic heterocycles. The Bertz CT molecular complexity index is 659. The number of aryl methyl sites for hydroxylation is 1. The maximum Gasteiger partial charge on any atom is 0.163 e. The van der Waals surface area contributed by atoms with E-state index in [1.807, 2.05) is 19.2 Å². The molecular weight excluding hydrogens is 336 g/mol. The molecule has 136 valence electrons. The Labute approximate surface area is 155 Å². The average molecular weight is 363 g/mol. The molecule has 2 N–H and O–H groups in total. The van der Waals surface area contributed by atoms with Crippen LogP contribution < -0.4 is 20.1 Å². The standard InChI is InChI=1S/C20H27ClN2O2/c1-15-5-7-16(8-6-15)14-25-20-12-18(21)17(11-19(20)24-3)13-23-10-4-9-22-2/h5-8,11-12,22-23H,4,9-10,13-14H2,1-3H3. The van der Waals surface area contributed by atoms with Crippen LogP contribution in [-0.2, 0) is 13.2 Å². The maximum absolute atomic E-state index is 6.41. The molecule has 0 aliphatic rings. The molecule has 0 unspecified atom stereocenters. The molecule has 4 nitrogen and oxygen atoms in total. The van der Waals surface area contributed by atoms with Crippen LogP contribution in [0.25, 0.3) is 0 Å². The third-order valence-electron chi connectivity index (χ3n) is 3.94. The van der Waals surface area contributed by atoms with Crippen molar-refractivity contribution in [3.05, 3.63) is 58.1 Å². The number of rotatable bonds is 10. The van der Waals surface area contributed by atoms with Gasteiger partial charge in [-0.15, -0.1) is 0 Å². The summed E-state index contributed by atoms with van der Waals surface area (Å²) in [5, 5.41) is 7.20. The van der Waals surface area contributed by atoms with Gasteiger partial charge in [-0.05, 0) is 50.7 Å². The Morgan fingerprint density at radius 1 is 1.04 bits per heavy atom. The van der Waals surface area contributed by atoms with Gasteiger partial charge in [-0.2, -0.15) is 0 Å². The van der Waals surface area contributed by atoms with Gasteiger partial charge in [0.2, 0.25) is 0 Å². The zero-order chi connectivity index (χ0) is 18.1. The second-order valence-corrected chi connectivity index (χ2v) is 6.41. The molecule has 0 heterocycles. The van der Waals surface area contributed by atoms with E-state index in [0.717, 1.165) is 30.6 Å². The molecule has 5 heteroatoms. The van der Waals surface area contributed by atoms with Crippen LogP contribution in [0.4, 0.5) is 0 Å². The number of hydrogen-bond acceptors (Lipinski definition) is 4. The minimum atomic E-state index is 0.481. The van der Waals surface area contributed by atoms with Gasteiger partial charge in [-0.1, -0.05) is 41.4 Å². The lowest BCUT2D eigenvalue weighted by molar-refractivity contribution is 0.284. The van der Waals surface area contributed by atoms with Gasteiger partial charge in [-0.25, -0.2) is 0 Å². The van der Waals surface area contributed by atoms with Gasteiger partial charge in [0.1, 0.15) is 6.61 Å². The van der Waals surface area contributed by atoms with Crippen LogP contribution in [0.1, 0.15) is 23.1 Å². The number of methoxy groups -OCH3 is 1. The SMILES string of the molecule is CNCCCNCc1cc(OC)c(OCc2ccc(C)cc2)cc1Cl. The van der Waals surface area contributed by atoms with E-state index in [-0.39, 0.29) is 0 Å². The number of hydrogen-bond donors (Lipinski definition) is 2. The molecule has 0 atom stereocenters. The lowest BCUT2D eigenvalue weighted by Crippen LogP contribution is -2.19. The average Bonchev–Trinajstić information content (AvgIpc) is 2.62. The lowest BCUT2D eigenvalue weighted by atomic mass is 10.1. The van der Waals surface area contributed by atoms with Crippen molar-refractivity contribution in [2.45, 2.75) is 26.5 Å². The second-order valence-electron chi connectivity index (χ2n) is 6.00. The Kier molecular flexibility index (Phi) is 8.06. The molecule has 0 saturated carbocycles. The first-order valence-corrected chi connectivity index (χ1v) is 8.92. The number of halogens is 1. The molecular formula is C20H27ClN2O2. The molecule has 0 amide bonds. The predicted molar refractivity (Wildman–Crippen MR) is 104 cm³/mol. The zero-order valence-corrected chi connectivity index (χ0v) is 16.0. The van der Waals surface area contributed by atoms with Gasteiger partial charge in [0.25, 0.3) is 0 Å². The van der Waals surface area contributed by atoms with Gasteiger partial charge in [0, 0.05) is 17.6 Å². The van der Waals surface area contributed by atoms with Crippen molar-refractivity contribution in [2.24, 2.45) is 0 Å². The summed E-state index contributed by atoms with van der Waals surface area (Å²) in [4.78, 5) is 0. The van der Waals surface area contributed by atoms with Gasteiger partial charge in [0.15, 0.2) is 11.5 Å². The molecule has 0 saturated heterocycles. The van der Waals surface area contributed by atoms with E-state index >= 15 is 0 Å². The minimum Gasteiger partial charge on any atom is -0.493 e. The van der Waals surface area contributed by atoms with E-state index in [1.165, 1.54) is 5.56 Å². The predicted octanol–water partition coefficient (Wildman–Crippen LogP) is 3.94. The van der Waals surface area contributed by atoms with Crippen LogP contribution in [0.3, 0.4) is 0 Å². The smallest absolute Gasteiger partial charge is 0.163 e. The summed E-state index contributed by atoms with van der Waals surface area (Å²) < 4.78 is 11.4. The highest BCUT2D eigenvalue weighted by Crippen LogP contribution is 2.34. The molecule has 25 heavy (non-hydrogen) atoms. The number of nitrogens with one attached hydrogen (secondary N) is 2. The summed E-state index contributed by atoms with van der Waals surface area (Å²) in [5.41, 5.74) is 3.35. The van der Waals surface area contributed by atoms with E-state index in [1.54, 1.807) is 7.11 Å². The molecule has 0 aliphatic heterocycles. The van der Waals surface area contributed by atoms with Crippen LogP contribution in [0.15, 0.2) is 36.4 Å². The molecule has 2 aromatic rings. The maximum atomic E-state index is 6.41. The molecule has 0 fully saturated rings. The van der Waals surface area contributed by atoms with Gasteiger partial charge >= 0.3 is 0 Å². The Balaban J connectivity index is 1.98. The molecule has 2 rings (SSSR count). The zero-order valence-electron chi connectivity index (χ0n) is 15.2. The molecule has 2 aromatic carbocycles. The minimum absolute atomic E-state index is 0.481. The quantitative estimate of drug-likeness (QED) is 0.628. The highest BCUT2D eigenvalue weighted by molar-refractivity contribution is 6.31. The van der Waals surface area contributed by atoms with Crippen molar-refractivity contribution in [3.63, 3.8) is 0 Å². The summed E-state index contributed by atoms with van der Waals surface area (Å²) >= 11 is 6.41. The normalized spacial score (nSPS) is 10.7. The largest absolute Gasteiger partial charge is 0.493 e. The van der Waals surface area contributed by atoms with Crippen LogP contribution in [0.2, 0.25) is 5.02 Å². The summed E-state index contributed by atoms with van der Waals surface area (Å²) in [5.74, 6) is 1.36. The molecule has 0 radical (unpaired) electrons. The van der Waals surface area contributed by atoms with Crippen LogP contribution >= 0.6 is 11.6 Å². The summed E-state index contributed by atoms with van der Waals surface area (Å²) in [6.07, 6.45) is 1.07. The van der Waals surface area contributed by atoms with Crippen LogP contribution in [0.5, 0.6) is 11.5 Å². The first kappa shape index (κ1) is 19.6. The molecule has 0 bridgehead atoms. The van der Waals surface area contributed by atoms with Gasteiger partial charge < -0.3 is 20.1 Å². The highest BCUT2D eigenvalue weighted by Gasteiger charge is 2.11. The fourth-order valence-corrected chi connectivity index (χ4v) is 2.66. The van der Waals surface area contributed by atoms with E-state index in [0.29, 0.717) is 29.7 Å². The van der Waals surface area contributed by atoms with Crippen LogP contribution in [0, 0.1) is 6.92 Å². The van der Waals surface area contributed by atoms with E-state index < -0.39 is 0 Å².